The summed E-state index contributed by atoms with van der Waals surface area (Å²) in [4.78, 5) is 11.3. The summed E-state index contributed by atoms with van der Waals surface area (Å²) in [7, 11) is 1.66. The predicted octanol–water partition coefficient (Wildman–Crippen LogP) is 1.82. The van der Waals surface area contributed by atoms with E-state index >= 15 is 0 Å². The minimum atomic E-state index is -0.532. The molecule has 2 aromatic rings. The average molecular weight is 221 g/mol. The Morgan fingerprint density at radius 1 is 1.38 bits per heavy atom. The molecule has 1 aromatic carbocycles. The van der Waals surface area contributed by atoms with Crippen LogP contribution in [-0.4, -0.2) is 9.67 Å². The van der Waals surface area contributed by atoms with Crippen molar-refractivity contribution in [2.45, 2.75) is 20.0 Å². The van der Waals surface area contributed by atoms with E-state index in [2.05, 4.69) is 0 Å². The van der Waals surface area contributed by atoms with E-state index in [1.54, 1.807) is 19.2 Å². The molecule has 1 N–H and O–H groups in total. The van der Waals surface area contributed by atoms with Gasteiger partial charge in [-0.2, -0.15) is 0 Å². The van der Waals surface area contributed by atoms with E-state index < -0.39 is 6.10 Å². The van der Waals surface area contributed by atoms with Crippen LogP contribution in [0.3, 0.4) is 0 Å². The van der Waals surface area contributed by atoms with Crippen LogP contribution in [0.2, 0.25) is 0 Å². The Morgan fingerprint density at radius 2 is 2.06 bits per heavy atom. The smallest absolute Gasteiger partial charge is 0.408 e. The normalized spacial score (nSPS) is 13.6. The first kappa shape index (κ1) is 11.0. The highest BCUT2D eigenvalue weighted by Crippen LogP contribution is 2.24. The third kappa shape index (κ3) is 1.65. The first-order valence-electron chi connectivity index (χ1n) is 5.28. The number of hydrogen-bond acceptors (Lipinski definition) is 3. The number of benzene rings is 1. The number of rotatable bonds is 2. The van der Waals surface area contributed by atoms with Crippen LogP contribution >= 0.6 is 0 Å². The molecule has 2 rings (SSSR count). The van der Waals surface area contributed by atoms with E-state index in [1.807, 2.05) is 19.9 Å². The summed E-state index contributed by atoms with van der Waals surface area (Å²) in [6.45, 7) is 3.88. The molecular formula is C12H15NO3. The van der Waals surface area contributed by atoms with Gasteiger partial charge in [0.15, 0.2) is 5.58 Å². The molecule has 0 aliphatic carbocycles. The molecule has 1 aromatic heterocycles. The van der Waals surface area contributed by atoms with Crippen LogP contribution < -0.4 is 5.76 Å². The van der Waals surface area contributed by atoms with Crippen LogP contribution in [-0.2, 0) is 7.05 Å². The molecule has 4 nitrogen and oxygen atoms in total. The van der Waals surface area contributed by atoms with Crippen molar-refractivity contribution in [3.63, 3.8) is 0 Å². The molecule has 0 saturated heterocycles. The van der Waals surface area contributed by atoms with E-state index in [4.69, 9.17) is 4.42 Å². The van der Waals surface area contributed by atoms with Gasteiger partial charge in [0.05, 0.1) is 11.6 Å². The minimum Gasteiger partial charge on any atom is -0.408 e. The summed E-state index contributed by atoms with van der Waals surface area (Å²) in [5.74, 6) is -0.251. The molecule has 1 unspecified atom stereocenters. The summed E-state index contributed by atoms with van der Waals surface area (Å²) in [6, 6.07) is 5.34. The molecule has 0 radical (unpaired) electrons. The molecule has 86 valence electrons. The number of oxazole rings is 1. The van der Waals surface area contributed by atoms with E-state index in [9.17, 15) is 9.90 Å². The monoisotopic (exact) mass is 221 g/mol. The lowest BCUT2D eigenvalue weighted by Crippen LogP contribution is -2.08. The van der Waals surface area contributed by atoms with Gasteiger partial charge in [-0.1, -0.05) is 19.9 Å². The molecule has 0 amide bonds. The summed E-state index contributed by atoms with van der Waals surface area (Å²) < 4.78 is 6.51. The van der Waals surface area contributed by atoms with Gasteiger partial charge in [0.25, 0.3) is 0 Å². The summed E-state index contributed by atoms with van der Waals surface area (Å²) in [5, 5.41) is 9.91. The zero-order valence-electron chi connectivity index (χ0n) is 9.60. The molecule has 0 aliphatic heterocycles. The fourth-order valence-corrected chi connectivity index (χ4v) is 1.72. The molecule has 0 aliphatic rings. The van der Waals surface area contributed by atoms with Gasteiger partial charge in [-0.25, -0.2) is 4.79 Å². The molecule has 1 atom stereocenters. The lowest BCUT2D eigenvalue weighted by Gasteiger charge is -2.14. The lowest BCUT2D eigenvalue weighted by molar-refractivity contribution is 0.127. The fourth-order valence-electron chi connectivity index (χ4n) is 1.72. The average Bonchev–Trinajstić information content (AvgIpc) is 2.53. The highest BCUT2D eigenvalue weighted by molar-refractivity contribution is 5.73. The summed E-state index contributed by atoms with van der Waals surface area (Å²) in [5.41, 5.74) is 2.03. The maximum Gasteiger partial charge on any atom is 0.419 e. The highest BCUT2D eigenvalue weighted by Gasteiger charge is 2.14. The molecule has 0 fully saturated rings. The second-order valence-corrected chi connectivity index (χ2v) is 4.34. The Morgan fingerprint density at radius 3 is 2.69 bits per heavy atom. The highest BCUT2D eigenvalue weighted by atomic mass is 16.4. The topological polar surface area (TPSA) is 55.4 Å². The largest absolute Gasteiger partial charge is 0.419 e. The third-order valence-electron chi connectivity index (χ3n) is 2.79. The Balaban J connectivity index is 2.57. The number of aliphatic hydroxyl groups is 1. The van der Waals surface area contributed by atoms with Gasteiger partial charge in [0.2, 0.25) is 0 Å². The molecule has 0 bridgehead atoms. The Kier molecular flexibility index (Phi) is 2.59. The molecule has 0 spiro atoms. The summed E-state index contributed by atoms with van der Waals surface area (Å²) >= 11 is 0. The zero-order chi connectivity index (χ0) is 11.9. The number of fused-ring (bicyclic) bond motifs is 1. The van der Waals surface area contributed by atoms with E-state index in [0.717, 1.165) is 11.1 Å². The Hall–Kier alpha value is -1.55. The molecule has 0 saturated carbocycles. The van der Waals surface area contributed by atoms with Crippen molar-refractivity contribution >= 4 is 11.1 Å². The van der Waals surface area contributed by atoms with Crippen molar-refractivity contribution in [1.82, 2.24) is 4.57 Å². The first-order valence-corrected chi connectivity index (χ1v) is 5.28. The van der Waals surface area contributed by atoms with Gasteiger partial charge in [-0.05, 0) is 23.6 Å². The van der Waals surface area contributed by atoms with Crippen molar-refractivity contribution in [3.8, 4) is 0 Å². The van der Waals surface area contributed by atoms with Crippen LogP contribution in [0.5, 0.6) is 0 Å². The first-order chi connectivity index (χ1) is 7.50. The standard InChI is InChI=1S/C12H15NO3/c1-7(2)11(14)8-4-5-9-10(6-8)16-12(15)13(9)3/h4-7,11,14H,1-3H3. The molecular weight excluding hydrogens is 206 g/mol. The number of aliphatic hydroxyl groups excluding tert-OH is 1. The minimum absolute atomic E-state index is 0.132. The van der Waals surface area contributed by atoms with Crippen molar-refractivity contribution in [2.75, 3.05) is 0 Å². The van der Waals surface area contributed by atoms with Crippen LogP contribution in [0, 0.1) is 5.92 Å². The number of aromatic nitrogens is 1. The number of hydrogen-bond donors (Lipinski definition) is 1. The Bertz CT molecular complexity index is 565. The third-order valence-corrected chi connectivity index (χ3v) is 2.79. The van der Waals surface area contributed by atoms with Gasteiger partial charge >= 0.3 is 5.76 Å². The maximum atomic E-state index is 11.3. The van der Waals surface area contributed by atoms with Gasteiger partial charge in [-0.3, -0.25) is 4.57 Å². The van der Waals surface area contributed by atoms with Gasteiger partial charge in [0, 0.05) is 7.05 Å². The predicted molar refractivity (Wildman–Crippen MR) is 61.3 cm³/mol. The van der Waals surface area contributed by atoms with E-state index in [1.165, 1.54) is 4.57 Å². The van der Waals surface area contributed by atoms with Crippen molar-refractivity contribution < 1.29 is 9.52 Å². The zero-order valence-corrected chi connectivity index (χ0v) is 9.60. The fraction of sp³-hybridized carbons (Fsp3) is 0.417. The quantitative estimate of drug-likeness (QED) is 0.841. The van der Waals surface area contributed by atoms with Gasteiger partial charge in [-0.15, -0.1) is 0 Å². The molecule has 16 heavy (non-hydrogen) atoms. The van der Waals surface area contributed by atoms with E-state index in [0.29, 0.717) is 5.58 Å². The second kappa shape index (κ2) is 3.79. The van der Waals surface area contributed by atoms with Crippen molar-refractivity contribution in [1.29, 1.82) is 0 Å². The SMILES string of the molecule is CC(C)C(O)c1ccc2c(c1)oc(=O)n2C. The van der Waals surface area contributed by atoms with Gasteiger partial charge < -0.3 is 9.52 Å². The van der Waals surface area contributed by atoms with Gasteiger partial charge in [0.1, 0.15) is 0 Å². The van der Waals surface area contributed by atoms with E-state index in [-0.39, 0.29) is 11.7 Å². The number of aryl methyl sites for hydroxylation is 1. The van der Waals surface area contributed by atoms with Crippen molar-refractivity contribution in [2.24, 2.45) is 13.0 Å². The van der Waals surface area contributed by atoms with Crippen molar-refractivity contribution in [3.05, 3.63) is 34.3 Å². The van der Waals surface area contributed by atoms with Crippen LogP contribution in [0.25, 0.3) is 11.1 Å². The van der Waals surface area contributed by atoms with Crippen LogP contribution in [0.4, 0.5) is 0 Å². The second-order valence-electron chi connectivity index (χ2n) is 4.34. The molecule has 4 heteroatoms. The Labute approximate surface area is 93.1 Å². The number of nitrogens with zero attached hydrogens (tertiary/aromatic N) is 1. The lowest BCUT2D eigenvalue weighted by atomic mass is 9.99. The molecule has 1 heterocycles. The van der Waals surface area contributed by atoms with Crippen LogP contribution in [0.15, 0.2) is 27.4 Å². The maximum absolute atomic E-state index is 11.3. The summed E-state index contributed by atoms with van der Waals surface area (Å²) in [6.07, 6.45) is -0.532. The van der Waals surface area contributed by atoms with Crippen LogP contribution in [0.1, 0.15) is 25.5 Å².